The Hall–Kier alpha value is -2.02. The van der Waals surface area contributed by atoms with Crippen LogP contribution in [-0.2, 0) is 0 Å². The third-order valence-electron chi connectivity index (χ3n) is 5.05. The number of nitrogens with one attached hydrogen (secondary N) is 1. The molecule has 0 amide bonds. The Morgan fingerprint density at radius 2 is 1.79 bits per heavy atom. The SMILES string of the molecule is Cc1ccc(C2=N[C@@H](c3ccc(F)c(Br)c3)N[C@@H](c3cc(Br)ccc3O)C2)cc1. The molecule has 6 heteroatoms. The maximum absolute atomic E-state index is 13.7. The summed E-state index contributed by atoms with van der Waals surface area (Å²) in [7, 11) is 0. The minimum absolute atomic E-state index is 0.143. The molecule has 0 fully saturated rings. The second-order valence-corrected chi connectivity index (χ2v) is 8.91. The number of hydrogen-bond acceptors (Lipinski definition) is 3. The van der Waals surface area contributed by atoms with Gasteiger partial charge in [-0.2, -0.15) is 0 Å². The first-order chi connectivity index (χ1) is 13.9. The Bertz CT molecular complexity index is 1080. The third kappa shape index (κ3) is 4.44. The van der Waals surface area contributed by atoms with Gasteiger partial charge in [0.1, 0.15) is 17.7 Å². The lowest BCUT2D eigenvalue weighted by molar-refractivity contribution is 0.412. The summed E-state index contributed by atoms with van der Waals surface area (Å²) in [6, 6.07) is 18.4. The second kappa shape index (κ2) is 8.38. The van der Waals surface area contributed by atoms with Gasteiger partial charge in [-0.1, -0.05) is 51.8 Å². The van der Waals surface area contributed by atoms with Crippen molar-refractivity contribution in [1.29, 1.82) is 0 Å². The van der Waals surface area contributed by atoms with Crippen LogP contribution < -0.4 is 5.32 Å². The van der Waals surface area contributed by atoms with E-state index in [0.717, 1.165) is 26.9 Å². The molecule has 0 bridgehead atoms. The first-order valence-corrected chi connectivity index (χ1v) is 10.8. The van der Waals surface area contributed by atoms with Crippen molar-refractivity contribution in [3.63, 3.8) is 0 Å². The van der Waals surface area contributed by atoms with E-state index in [-0.39, 0.29) is 23.8 Å². The predicted molar refractivity (Wildman–Crippen MR) is 121 cm³/mol. The summed E-state index contributed by atoms with van der Waals surface area (Å²) in [6.45, 7) is 2.05. The summed E-state index contributed by atoms with van der Waals surface area (Å²) in [6.07, 6.45) is 0.270. The first-order valence-electron chi connectivity index (χ1n) is 9.24. The van der Waals surface area contributed by atoms with Crippen molar-refractivity contribution < 1.29 is 9.50 Å². The van der Waals surface area contributed by atoms with Crippen molar-refractivity contribution in [1.82, 2.24) is 5.32 Å². The molecule has 1 aliphatic rings. The number of aryl methyl sites for hydroxylation is 1. The highest BCUT2D eigenvalue weighted by Gasteiger charge is 2.28. The Morgan fingerprint density at radius 3 is 2.52 bits per heavy atom. The van der Waals surface area contributed by atoms with Gasteiger partial charge in [-0.25, -0.2) is 4.39 Å². The summed E-state index contributed by atoms with van der Waals surface area (Å²) in [5.74, 6) is -0.0802. The molecule has 2 atom stereocenters. The quantitative estimate of drug-likeness (QED) is 0.411. The number of hydrogen-bond donors (Lipinski definition) is 2. The molecule has 0 radical (unpaired) electrons. The van der Waals surface area contributed by atoms with Crippen molar-refractivity contribution in [2.45, 2.75) is 25.6 Å². The average Bonchev–Trinajstić information content (AvgIpc) is 2.72. The summed E-state index contributed by atoms with van der Waals surface area (Å²) in [4.78, 5) is 4.92. The molecule has 3 aromatic rings. The summed E-state index contributed by atoms with van der Waals surface area (Å²) in [5.41, 5.74) is 4.82. The van der Waals surface area contributed by atoms with Crippen LogP contribution in [0.3, 0.4) is 0 Å². The number of nitrogens with zero attached hydrogens (tertiary/aromatic N) is 1. The molecule has 0 unspecified atom stereocenters. The Kier molecular flexibility index (Phi) is 5.86. The molecule has 0 aromatic heterocycles. The number of halogens is 3. The van der Waals surface area contributed by atoms with Crippen molar-refractivity contribution in [2.24, 2.45) is 4.99 Å². The molecule has 3 aromatic carbocycles. The van der Waals surface area contributed by atoms with Gasteiger partial charge < -0.3 is 5.11 Å². The molecule has 2 N–H and O–H groups in total. The van der Waals surface area contributed by atoms with E-state index in [0.29, 0.717) is 10.9 Å². The molecule has 1 heterocycles. The zero-order valence-electron chi connectivity index (χ0n) is 15.7. The van der Waals surface area contributed by atoms with Gasteiger partial charge in [-0.3, -0.25) is 10.3 Å². The fourth-order valence-corrected chi connectivity index (χ4v) is 4.26. The lowest BCUT2D eigenvalue weighted by Gasteiger charge is -2.31. The average molecular weight is 518 g/mol. The number of aliphatic imine (C=N–C) groups is 1. The maximum Gasteiger partial charge on any atom is 0.137 e. The van der Waals surface area contributed by atoms with Gasteiger partial charge in [0.2, 0.25) is 0 Å². The van der Waals surface area contributed by atoms with E-state index in [1.54, 1.807) is 18.2 Å². The molecule has 0 spiro atoms. The van der Waals surface area contributed by atoms with E-state index in [4.69, 9.17) is 4.99 Å². The highest BCUT2D eigenvalue weighted by Crippen LogP contribution is 2.36. The lowest BCUT2D eigenvalue weighted by atomic mass is 9.93. The normalized spacial score (nSPS) is 19.1. The van der Waals surface area contributed by atoms with Crippen LogP contribution in [-0.4, -0.2) is 10.8 Å². The Morgan fingerprint density at radius 1 is 1.03 bits per heavy atom. The smallest absolute Gasteiger partial charge is 0.137 e. The van der Waals surface area contributed by atoms with Crippen LogP contribution in [0.2, 0.25) is 0 Å². The van der Waals surface area contributed by atoms with E-state index in [9.17, 15) is 9.50 Å². The monoisotopic (exact) mass is 516 g/mol. The molecule has 0 saturated carbocycles. The Balaban J connectivity index is 1.78. The zero-order valence-corrected chi connectivity index (χ0v) is 18.8. The van der Waals surface area contributed by atoms with Crippen LogP contribution in [0.15, 0.2) is 74.6 Å². The molecule has 4 rings (SSSR count). The van der Waals surface area contributed by atoms with Gasteiger partial charge in [0.15, 0.2) is 0 Å². The summed E-state index contributed by atoms with van der Waals surface area (Å²) < 4.78 is 15.0. The fourth-order valence-electron chi connectivity index (χ4n) is 3.48. The lowest BCUT2D eigenvalue weighted by Crippen LogP contribution is -2.33. The first kappa shape index (κ1) is 20.3. The third-order valence-corrected chi connectivity index (χ3v) is 6.15. The van der Waals surface area contributed by atoms with Crippen molar-refractivity contribution >= 4 is 37.6 Å². The van der Waals surface area contributed by atoms with E-state index in [1.807, 2.05) is 12.1 Å². The molecule has 29 heavy (non-hydrogen) atoms. The number of phenols is 1. The van der Waals surface area contributed by atoms with Crippen LogP contribution in [0.1, 0.15) is 40.9 Å². The standard InChI is InChI=1S/C23H19Br2FN2O/c1-13-2-4-14(5-3-13)20-12-21(17-11-16(24)7-9-22(17)29)28-23(27-20)15-6-8-19(26)18(25)10-15/h2-11,21,23,28-29H,12H2,1H3/t21-,23-/m1/s1. The molecule has 0 aliphatic carbocycles. The van der Waals surface area contributed by atoms with Gasteiger partial charge in [-0.05, 0) is 64.3 Å². The van der Waals surface area contributed by atoms with Crippen LogP contribution in [0.5, 0.6) is 5.75 Å². The summed E-state index contributed by atoms with van der Waals surface area (Å²) >= 11 is 6.76. The fraction of sp³-hybridized carbons (Fsp3) is 0.174. The number of phenolic OH excluding ortho intramolecular Hbond substituents is 1. The van der Waals surface area contributed by atoms with E-state index >= 15 is 0 Å². The maximum atomic E-state index is 13.7. The van der Waals surface area contributed by atoms with E-state index < -0.39 is 0 Å². The van der Waals surface area contributed by atoms with Crippen LogP contribution >= 0.6 is 31.9 Å². The molecule has 148 valence electrons. The largest absolute Gasteiger partial charge is 0.508 e. The van der Waals surface area contributed by atoms with E-state index in [2.05, 4.69) is 68.4 Å². The van der Waals surface area contributed by atoms with Gasteiger partial charge in [0.05, 0.1) is 4.47 Å². The number of aromatic hydroxyl groups is 1. The van der Waals surface area contributed by atoms with Gasteiger partial charge in [0.25, 0.3) is 0 Å². The van der Waals surface area contributed by atoms with Crippen molar-refractivity contribution in [2.75, 3.05) is 0 Å². The van der Waals surface area contributed by atoms with Crippen molar-refractivity contribution in [3.05, 3.63) is 97.7 Å². The van der Waals surface area contributed by atoms with Crippen LogP contribution in [0.25, 0.3) is 0 Å². The van der Waals surface area contributed by atoms with Crippen LogP contribution in [0.4, 0.5) is 4.39 Å². The molecular formula is C23H19Br2FN2O. The second-order valence-electron chi connectivity index (χ2n) is 7.14. The molecule has 3 nitrogen and oxygen atoms in total. The highest BCUT2D eigenvalue weighted by atomic mass is 79.9. The highest BCUT2D eigenvalue weighted by molar-refractivity contribution is 9.10. The Labute approximate surface area is 186 Å². The summed E-state index contributed by atoms with van der Waals surface area (Å²) in [5, 5.41) is 14.0. The van der Waals surface area contributed by atoms with Crippen molar-refractivity contribution in [3.8, 4) is 5.75 Å². The number of rotatable bonds is 3. The molecule has 1 aliphatic heterocycles. The minimum atomic E-state index is -0.361. The van der Waals surface area contributed by atoms with Gasteiger partial charge in [0, 0.05) is 28.2 Å². The topological polar surface area (TPSA) is 44.6 Å². The van der Waals surface area contributed by atoms with Gasteiger partial charge >= 0.3 is 0 Å². The predicted octanol–water partition coefficient (Wildman–Crippen LogP) is 6.59. The molecular weight excluding hydrogens is 499 g/mol. The molecule has 0 saturated heterocycles. The minimum Gasteiger partial charge on any atom is -0.508 e. The number of benzene rings is 3. The zero-order chi connectivity index (χ0) is 20.5. The van der Waals surface area contributed by atoms with E-state index in [1.165, 1.54) is 11.6 Å². The van der Waals surface area contributed by atoms with Gasteiger partial charge in [-0.15, -0.1) is 0 Å². The van der Waals surface area contributed by atoms with Crippen LogP contribution in [0, 0.1) is 12.7 Å².